The molecule has 0 bridgehead atoms. The summed E-state index contributed by atoms with van der Waals surface area (Å²) >= 11 is 0. The third kappa shape index (κ3) is 4.99. The first kappa shape index (κ1) is 16.3. The zero-order valence-electron chi connectivity index (χ0n) is 10.6. The van der Waals surface area contributed by atoms with Gasteiger partial charge in [0.1, 0.15) is 18.3 Å². The van der Waals surface area contributed by atoms with E-state index in [0.717, 1.165) is 0 Å². The molecule has 0 fully saturated rings. The fourth-order valence-corrected chi connectivity index (χ4v) is 1.46. The quantitative estimate of drug-likeness (QED) is 0.450. The average Bonchev–Trinajstić information content (AvgIpc) is 2.34. The molecule has 6 nitrogen and oxygen atoms in total. The van der Waals surface area contributed by atoms with Gasteiger partial charge < -0.3 is 25.3 Å². The maximum absolute atomic E-state index is 11.3. The Morgan fingerprint density at radius 1 is 1.06 bits per heavy atom. The summed E-state index contributed by atoms with van der Waals surface area (Å²) in [5.41, 5.74) is 0. The lowest BCUT2D eigenvalue weighted by Gasteiger charge is -2.28. The van der Waals surface area contributed by atoms with Crippen LogP contribution >= 0.6 is 0 Å². The van der Waals surface area contributed by atoms with Gasteiger partial charge in [-0.25, -0.2) is 0 Å². The molecule has 102 valence electrons. The van der Waals surface area contributed by atoms with Crippen LogP contribution < -0.4 is 0 Å². The van der Waals surface area contributed by atoms with E-state index >= 15 is 0 Å². The molecule has 0 rings (SSSR count). The van der Waals surface area contributed by atoms with E-state index in [0.29, 0.717) is 6.42 Å². The molecule has 0 spiro atoms. The topological polar surface area (TPSA) is 101 Å². The molecular formula is C11H23NO5. The predicted octanol–water partition coefficient (Wildman–Crippen LogP) is -1.29. The van der Waals surface area contributed by atoms with Gasteiger partial charge in [-0.3, -0.25) is 4.79 Å². The van der Waals surface area contributed by atoms with Crippen LogP contribution in [-0.2, 0) is 4.79 Å². The first-order valence-corrected chi connectivity index (χ1v) is 5.81. The third-order valence-corrected chi connectivity index (χ3v) is 2.75. The highest BCUT2D eigenvalue weighted by Gasteiger charge is 2.30. The van der Waals surface area contributed by atoms with Crippen molar-refractivity contribution in [2.75, 3.05) is 13.6 Å². The van der Waals surface area contributed by atoms with E-state index in [4.69, 9.17) is 0 Å². The Labute approximate surface area is 101 Å². The molecule has 0 heterocycles. The van der Waals surface area contributed by atoms with Crippen LogP contribution in [0.15, 0.2) is 0 Å². The Morgan fingerprint density at radius 2 is 1.53 bits per heavy atom. The maximum atomic E-state index is 11.3. The van der Waals surface area contributed by atoms with E-state index in [1.54, 1.807) is 13.8 Å². The van der Waals surface area contributed by atoms with Crippen LogP contribution in [0.2, 0.25) is 0 Å². The van der Waals surface area contributed by atoms with Crippen LogP contribution in [0, 0.1) is 0 Å². The van der Waals surface area contributed by atoms with E-state index < -0.39 is 24.4 Å². The molecule has 6 heteroatoms. The summed E-state index contributed by atoms with van der Waals surface area (Å²) < 4.78 is 0. The molecule has 0 radical (unpaired) electrons. The smallest absolute Gasteiger partial charge is 0.222 e. The van der Waals surface area contributed by atoms with Gasteiger partial charge in [-0.1, -0.05) is 13.8 Å². The lowest BCUT2D eigenvalue weighted by atomic mass is 10.0. The molecule has 0 aromatic rings. The molecule has 0 aromatic carbocycles. The van der Waals surface area contributed by atoms with Gasteiger partial charge in [-0.15, -0.1) is 0 Å². The number of hydrogen-bond acceptors (Lipinski definition) is 5. The lowest BCUT2D eigenvalue weighted by Crippen LogP contribution is -2.48. The molecule has 4 atom stereocenters. The SMILES string of the molecule is CCC(=O)N(C)CC(O)C(O)C(O)C(O)CC. The molecular weight excluding hydrogens is 226 g/mol. The van der Waals surface area contributed by atoms with Crippen LogP contribution in [0.3, 0.4) is 0 Å². The highest BCUT2D eigenvalue weighted by atomic mass is 16.4. The van der Waals surface area contributed by atoms with Gasteiger partial charge in [-0.2, -0.15) is 0 Å². The second-order valence-corrected chi connectivity index (χ2v) is 4.15. The van der Waals surface area contributed by atoms with Crippen LogP contribution in [-0.4, -0.2) is 69.2 Å². The molecule has 0 saturated carbocycles. The minimum absolute atomic E-state index is 0.0820. The maximum Gasteiger partial charge on any atom is 0.222 e. The van der Waals surface area contributed by atoms with Crippen LogP contribution in [0.1, 0.15) is 26.7 Å². The second-order valence-electron chi connectivity index (χ2n) is 4.15. The van der Waals surface area contributed by atoms with Crippen molar-refractivity contribution < 1.29 is 25.2 Å². The normalized spacial score (nSPS) is 18.3. The summed E-state index contributed by atoms with van der Waals surface area (Å²) in [4.78, 5) is 12.5. The predicted molar refractivity (Wildman–Crippen MR) is 62.2 cm³/mol. The Morgan fingerprint density at radius 3 is 1.94 bits per heavy atom. The van der Waals surface area contributed by atoms with Crippen molar-refractivity contribution in [1.29, 1.82) is 0 Å². The van der Waals surface area contributed by atoms with Crippen molar-refractivity contribution in [3.8, 4) is 0 Å². The summed E-state index contributed by atoms with van der Waals surface area (Å²) in [6, 6.07) is 0. The van der Waals surface area contributed by atoms with E-state index in [-0.39, 0.29) is 18.9 Å². The summed E-state index contributed by atoms with van der Waals surface area (Å²) in [5.74, 6) is -0.165. The van der Waals surface area contributed by atoms with Gasteiger partial charge in [0.15, 0.2) is 0 Å². The largest absolute Gasteiger partial charge is 0.390 e. The van der Waals surface area contributed by atoms with Crippen molar-refractivity contribution in [2.24, 2.45) is 0 Å². The number of likely N-dealkylation sites (N-methyl/N-ethyl adjacent to an activating group) is 1. The summed E-state index contributed by atoms with van der Waals surface area (Å²) in [6.07, 6.45) is -4.69. The third-order valence-electron chi connectivity index (χ3n) is 2.75. The number of rotatable bonds is 7. The van der Waals surface area contributed by atoms with E-state index in [2.05, 4.69) is 0 Å². The summed E-state index contributed by atoms with van der Waals surface area (Å²) in [7, 11) is 1.50. The molecule has 1 amide bonds. The van der Waals surface area contributed by atoms with Crippen molar-refractivity contribution in [3.05, 3.63) is 0 Å². The van der Waals surface area contributed by atoms with Gasteiger partial charge >= 0.3 is 0 Å². The number of carbonyl (C=O) groups excluding carboxylic acids is 1. The Balaban J connectivity index is 4.30. The number of amides is 1. The van der Waals surface area contributed by atoms with Gasteiger partial charge in [0, 0.05) is 20.0 Å². The molecule has 4 unspecified atom stereocenters. The van der Waals surface area contributed by atoms with Gasteiger partial charge in [0.25, 0.3) is 0 Å². The monoisotopic (exact) mass is 249 g/mol. The van der Waals surface area contributed by atoms with Crippen LogP contribution in [0.5, 0.6) is 0 Å². The van der Waals surface area contributed by atoms with E-state index in [1.165, 1.54) is 11.9 Å². The van der Waals surface area contributed by atoms with Crippen molar-refractivity contribution in [2.45, 2.75) is 51.1 Å². The average molecular weight is 249 g/mol. The molecule has 0 aliphatic rings. The molecule has 0 aliphatic carbocycles. The zero-order chi connectivity index (χ0) is 13.6. The number of hydrogen-bond donors (Lipinski definition) is 4. The highest BCUT2D eigenvalue weighted by molar-refractivity contribution is 5.75. The van der Waals surface area contributed by atoms with Crippen molar-refractivity contribution in [3.63, 3.8) is 0 Å². The first-order valence-electron chi connectivity index (χ1n) is 5.81. The van der Waals surface area contributed by atoms with Crippen LogP contribution in [0.4, 0.5) is 0 Å². The second kappa shape index (κ2) is 7.60. The summed E-state index contributed by atoms with van der Waals surface area (Å²) in [6.45, 7) is 3.26. The van der Waals surface area contributed by atoms with Crippen LogP contribution in [0.25, 0.3) is 0 Å². The fraction of sp³-hybridized carbons (Fsp3) is 0.909. The Bertz CT molecular complexity index is 236. The number of aliphatic hydroxyl groups excluding tert-OH is 4. The molecule has 0 aromatic heterocycles. The van der Waals surface area contributed by atoms with Crippen molar-refractivity contribution in [1.82, 2.24) is 4.90 Å². The molecule has 0 aliphatic heterocycles. The minimum Gasteiger partial charge on any atom is -0.390 e. The first-order chi connectivity index (χ1) is 7.84. The summed E-state index contributed by atoms with van der Waals surface area (Å²) in [5, 5.41) is 38.1. The molecule has 4 N–H and O–H groups in total. The standard InChI is InChI=1S/C11H23NO5/c1-4-7(13)10(16)11(17)8(14)6-12(3)9(15)5-2/h7-8,10-11,13-14,16-17H,4-6H2,1-3H3. The zero-order valence-corrected chi connectivity index (χ0v) is 10.6. The number of carbonyl (C=O) groups is 1. The minimum atomic E-state index is -1.47. The van der Waals surface area contributed by atoms with E-state index in [1.807, 2.05) is 0 Å². The highest BCUT2D eigenvalue weighted by Crippen LogP contribution is 2.08. The fourth-order valence-electron chi connectivity index (χ4n) is 1.46. The van der Waals surface area contributed by atoms with Gasteiger partial charge in [0.05, 0.1) is 6.10 Å². The molecule has 17 heavy (non-hydrogen) atoms. The number of aliphatic hydroxyl groups is 4. The van der Waals surface area contributed by atoms with Crippen molar-refractivity contribution >= 4 is 5.91 Å². The Hall–Kier alpha value is -0.690. The molecule has 0 saturated heterocycles. The van der Waals surface area contributed by atoms with Gasteiger partial charge in [0.2, 0.25) is 5.91 Å². The lowest BCUT2D eigenvalue weighted by molar-refractivity contribution is -0.136. The Kier molecular flexibility index (Phi) is 7.29. The van der Waals surface area contributed by atoms with Gasteiger partial charge in [-0.05, 0) is 6.42 Å². The number of nitrogens with zero attached hydrogens (tertiary/aromatic N) is 1. The van der Waals surface area contributed by atoms with E-state index in [9.17, 15) is 25.2 Å².